The van der Waals surface area contributed by atoms with Gasteiger partial charge in [-0.25, -0.2) is 0 Å². The van der Waals surface area contributed by atoms with Crippen molar-refractivity contribution >= 4 is 0 Å². The van der Waals surface area contributed by atoms with Crippen LogP contribution in [0.4, 0.5) is 0 Å². The van der Waals surface area contributed by atoms with E-state index in [0.29, 0.717) is 0 Å². The zero-order valence-corrected chi connectivity index (χ0v) is 8.20. The van der Waals surface area contributed by atoms with Crippen molar-refractivity contribution in [2.45, 2.75) is 19.9 Å². The predicted molar refractivity (Wildman–Crippen MR) is 52.1 cm³/mol. The molecule has 72 valence electrons. The van der Waals surface area contributed by atoms with Crippen LogP contribution in [0.2, 0.25) is 0 Å². The molecule has 0 aliphatic rings. The molecular weight excluding hydrogens is 164 g/mol. The van der Waals surface area contributed by atoms with E-state index >= 15 is 0 Å². The monoisotopic (exact) mass is 180 g/mol. The molecule has 4 nitrogen and oxygen atoms in total. The second kappa shape index (κ2) is 5.48. The zero-order valence-electron chi connectivity index (χ0n) is 8.20. The summed E-state index contributed by atoms with van der Waals surface area (Å²) in [7, 11) is 1.90. The van der Waals surface area contributed by atoms with E-state index in [1.54, 1.807) is 10.9 Å². The molecule has 0 fully saturated rings. The van der Waals surface area contributed by atoms with Crippen molar-refractivity contribution in [1.82, 2.24) is 20.3 Å². The Balaban J connectivity index is 2.16. The first-order valence-electron chi connectivity index (χ1n) is 4.50. The molecule has 0 unspecified atom stereocenters. The number of nitrogens with one attached hydrogen (secondary N) is 1. The molecule has 0 aromatic carbocycles. The second-order valence-corrected chi connectivity index (χ2v) is 2.88. The third-order valence-corrected chi connectivity index (χ3v) is 1.84. The van der Waals surface area contributed by atoms with Crippen LogP contribution in [0.3, 0.4) is 0 Å². The van der Waals surface area contributed by atoms with Crippen LogP contribution in [0.15, 0.2) is 18.3 Å². The molecule has 0 bridgehead atoms. The summed E-state index contributed by atoms with van der Waals surface area (Å²) in [6.07, 6.45) is 7.06. The van der Waals surface area contributed by atoms with Gasteiger partial charge in [-0.1, -0.05) is 17.4 Å². The quantitative estimate of drug-likeness (QED) is 0.540. The highest BCUT2D eigenvalue weighted by atomic mass is 15.4. The van der Waals surface area contributed by atoms with Crippen molar-refractivity contribution in [3.8, 4) is 0 Å². The maximum Gasteiger partial charge on any atom is 0.0738 e. The SMILES string of the molecule is C/C=C/CCNCc1cnnn1C. The summed E-state index contributed by atoms with van der Waals surface area (Å²) in [5.41, 5.74) is 1.11. The highest BCUT2D eigenvalue weighted by Gasteiger charge is 1.96. The minimum atomic E-state index is 0.834. The van der Waals surface area contributed by atoms with Gasteiger partial charge in [-0.2, -0.15) is 0 Å². The number of aromatic nitrogens is 3. The van der Waals surface area contributed by atoms with Gasteiger partial charge in [-0.3, -0.25) is 4.68 Å². The van der Waals surface area contributed by atoms with Gasteiger partial charge in [0.25, 0.3) is 0 Å². The van der Waals surface area contributed by atoms with Gasteiger partial charge in [0.05, 0.1) is 11.9 Å². The topological polar surface area (TPSA) is 42.7 Å². The van der Waals surface area contributed by atoms with Crippen LogP contribution in [0.1, 0.15) is 19.0 Å². The fourth-order valence-electron chi connectivity index (χ4n) is 1.04. The fourth-order valence-corrected chi connectivity index (χ4v) is 1.04. The van der Waals surface area contributed by atoms with Crippen molar-refractivity contribution in [1.29, 1.82) is 0 Å². The number of rotatable bonds is 5. The van der Waals surface area contributed by atoms with Crippen LogP contribution >= 0.6 is 0 Å². The Kier molecular flexibility index (Phi) is 4.18. The van der Waals surface area contributed by atoms with Crippen molar-refractivity contribution in [2.24, 2.45) is 7.05 Å². The van der Waals surface area contributed by atoms with E-state index in [4.69, 9.17) is 0 Å². The van der Waals surface area contributed by atoms with Crippen LogP contribution in [0, 0.1) is 0 Å². The summed E-state index contributed by atoms with van der Waals surface area (Å²) in [5.74, 6) is 0. The molecule has 0 spiro atoms. The number of aryl methyl sites for hydroxylation is 1. The highest BCUT2D eigenvalue weighted by Crippen LogP contribution is 1.91. The molecule has 1 rings (SSSR count). The first-order valence-corrected chi connectivity index (χ1v) is 4.50. The van der Waals surface area contributed by atoms with Gasteiger partial charge in [-0.15, -0.1) is 5.10 Å². The van der Waals surface area contributed by atoms with Gasteiger partial charge in [0.15, 0.2) is 0 Å². The van der Waals surface area contributed by atoms with Crippen LogP contribution < -0.4 is 5.32 Å². The van der Waals surface area contributed by atoms with Gasteiger partial charge < -0.3 is 5.32 Å². The van der Waals surface area contributed by atoms with Crippen molar-refractivity contribution in [2.75, 3.05) is 6.54 Å². The average Bonchev–Trinajstić information content (AvgIpc) is 2.52. The molecule has 4 heteroatoms. The molecule has 1 aromatic heterocycles. The summed E-state index contributed by atoms with van der Waals surface area (Å²) < 4.78 is 1.78. The maximum atomic E-state index is 3.84. The first kappa shape index (κ1) is 9.92. The van der Waals surface area contributed by atoms with Gasteiger partial charge in [0.1, 0.15) is 0 Å². The normalized spacial score (nSPS) is 11.2. The minimum Gasteiger partial charge on any atom is -0.311 e. The van der Waals surface area contributed by atoms with Crippen molar-refractivity contribution in [3.05, 3.63) is 24.0 Å². The molecule has 0 aliphatic carbocycles. The van der Waals surface area contributed by atoms with E-state index in [2.05, 4.69) is 27.8 Å². The van der Waals surface area contributed by atoms with Crippen molar-refractivity contribution < 1.29 is 0 Å². The van der Waals surface area contributed by atoms with Crippen LogP contribution in [-0.2, 0) is 13.6 Å². The van der Waals surface area contributed by atoms with E-state index in [9.17, 15) is 0 Å². The van der Waals surface area contributed by atoms with E-state index < -0.39 is 0 Å². The summed E-state index contributed by atoms with van der Waals surface area (Å²) in [5, 5.41) is 11.0. The summed E-state index contributed by atoms with van der Waals surface area (Å²) >= 11 is 0. The molecular formula is C9H16N4. The fraction of sp³-hybridized carbons (Fsp3) is 0.556. The summed E-state index contributed by atoms with van der Waals surface area (Å²) in [6, 6.07) is 0. The first-order chi connectivity index (χ1) is 6.34. The standard InChI is InChI=1S/C9H16N4/c1-3-4-5-6-10-7-9-8-11-12-13(9)2/h3-4,8,10H,5-7H2,1-2H3/b4-3+. The molecule has 13 heavy (non-hydrogen) atoms. The van der Waals surface area contributed by atoms with E-state index in [0.717, 1.165) is 25.2 Å². The average molecular weight is 180 g/mol. The molecule has 0 aliphatic heterocycles. The Bertz CT molecular complexity index is 264. The smallest absolute Gasteiger partial charge is 0.0738 e. The number of hydrogen-bond donors (Lipinski definition) is 1. The predicted octanol–water partition coefficient (Wildman–Crippen LogP) is 0.871. The summed E-state index contributed by atoms with van der Waals surface area (Å²) in [4.78, 5) is 0. The Labute approximate surface area is 78.6 Å². The molecule has 0 amide bonds. The van der Waals surface area contributed by atoms with E-state index in [1.807, 2.05) is 14.0 Å². The molecule has 0 saturated carbocycles. The van der Waals surface area contributed by atoms with E-state index in [1.165, 1.54) is 0 Å². The lowest BCUT2D eigenvalue weighted by molar-refractivity contribution is 0.620. The van der Waals surface area contributed by atoms with Crippen LogP contribution in [0.5, 0.6) is 0 Å². The Morgan fingerprint density at radius 2 is 2.46 bits per heavy atom. The van der Waals surface area contributed by atoms with Crippen LogP contribution in [-0.4, -0.2) is 21.5 Å². The molecule has 0 radical (unpaired) electrons. The van der Waals surface area contributed by atoms with E-state index in [-0.39, 0.29) is 0 Å². The maximum absolute atomic E-state index is 3.84. The Morgan fingerprint density at radius 1 is 1.62 bits per heavy atom. The Morgan fingerprint density at radius 3 is 3.08 bits per heavy atom. The summed E-state index contributed by atoms with van der Waals surface area (Å²) in [6.45, 7) is 3.86. The van der Waals surface area contributed by atoms with Crippen LogP contribution in [0.25, 0.3) is 0 Å². The third kappa shape index (κ3) is 3.38. The largest absolute Gasteiger partial charge is 0.311 e. The minimum absolute atomic E-state index is 0.834. The Hall–Kier alpha value is -1.16. The zero-order chi connectivity index (χ0) is 9.52. The lowest BCUT2D eigenvalue weighted by atomic mass is 10.3. The third-order valence-electron chi connectivity index (χ3n) is 1.84. The van der Waals surface area contributed by atoms with Gasteiger partial charge in [0.2, 0.25) is 0 Å². The number of hydrogen-bond acceptors (Lipinski definition) is 3. The molecule has 0 saturated heterocycles. The highest BCUT2D eigenvalue weighted by molar-refractivity contribution is 4.92. The lowest BCUT2D eigenvalue weighted by Crippen LogP contribution is -2.16. The molecule has 1 N–H and O–H groups in total. The molecule has 1 aromatic rings. The molecule has 0 atom stereocenters. The number of allylic oxidation sites excluding steroid dienone is 1. The molecule has 1 heterocycles. The van der Waals surface area contributed by atoms with Gasteiger partial charge in [-0.05, 0) is 19.9 Å². The second-order valence-electron chi connectivity index (χ2n) is 2.88. The lowest BCUT2D eigenvalue weighted by Gasteiger charge is -2.01. The van der Waals surface area contributed by atoms with Gasteiger partial charge in [0, 0.05) is 13.6 Å². The van der Waals surface area contributed by atoms with Gasteiger partial charge >= 0.3 is 0 Å². The van der Waals surface area contributed by atoms with Crippen molar-refractivity contribution in [3.63, 3.8) is 0 Å². The number of nitrogens with zero attached hydrogens (tertiary/aromatic N) is 3.